The number of benzene rings is 3. The maximum Gasteiger partial charge on any atom is 0.261 e. The maximum atomic E-state index is 14.4. The van der Waals surface area contributed by atoms with Gasteiger partial charge >= 0.3 is 0 Å². The number of fused-ring (bicyclic) bond motifs is 1. The number of hydrogen-bond donors (Lipinski definition) is 2. The number of nitrogens with zero attached hydrogens (tertiary/aromatic N) is 2. The second kappa shape index (κ2) is 16.7. The fourth-order valence-corrected chi connectivity index (χ4v) is 7.88. The summed E-state index contributed by atoms with van der Waals surface area (Å²) in [5.41, 5.74) is 1.21. The van der Waals surface area contributed by atoms with E-state index in [4.69, 9.17) is 21.1 Å². The standard InChI is InChI=1S/C35H46ClN3O8S2/c1-24-9-14-31(15-10-24)49(44,45)38(5)22-34-25(2)21-39(26(3)23-40)35(41)32-20-29(37-48(42,43)30-16-11-28(36)12-17-30)13-18-33(32)47-27(4)8-6-7-19-46-34/h9-18,20,25-27,34,37,40H,6-8,19,21-23H2,1-5H3/t25-,26-,27+,34+/m0/s1. The number of nitrogens with one attached hydrogen (secondary N) is 1. The van der Waals surface area contributed by atoms with Gasteiger partial charge < -0.3 is 19.5 Å². The Hall–Kier alpha value is -3.20. The number of aliphatic hydroxyl groups is 1. The van der Waals surface area contributed by atoms with Gasteiger partial charge in [0.15, 0.2) is 0 Å². The molecule has 3 aromatic carbocycles. The van der Waals surface area contributed by atoms with E-state index in [1.807, 2.05) is 20.8 Å². The third-order valence-corrected chi connectivity index (χ3v) is 12.1. The SMILES string of the molecule is Cc1ccc(S(=O)(=O)N(C)C[C@H]2OCCCC[C@@H](C)Oc3ccc(NS(=O)(=O)c4ccc(Cl)cc4)cc3C(=O)N([C@@H](C)CO)C[C@@H]2C)cc1. The first-order valence-electron chi connectivity index (χ1n) is 16.3. The molecule has 1 amide bonds. The molecular weight excluding hydrogens is 690 g/mol. The van der Waals surface area contributed by atoms with Crippen molar-refractivity contribution < 1.29 is 36.2 Å². The Morgan fingerprint density at radius 2 is 1.65 bits per heavy atom. The molecule has 0 aromatic heterocycles. The zero-order valence-electron chi connectivity index (χ0n) is 28.5. The van der Waals surface area contributed by atoms with E-state index in [1.165, 1.54) is 52.7 Å². The number of rotatable bonds is 9. The lowest BCUT2D eigenvalue weighted by molar-refractivity contribution is -0.00833. The minimum absolute atomic E-state index is 0.00191. The van der Waals surface area contributed by atoms with E-state index < -0.39 is 38.1 Å². The van der Waals surface area contributed by atoms with Crippen molar-refractivity contribution in [2.75, 3.05) is 38.1 Å². The van der Waals surface area contributed by atoms with E-state index in [9.17, 15) is 26.7 Å². The Morgan fingerprint density at radius 3 is 2.31 bits per heavy atom. The van der Waals surface area contributed by atoms with Crippen LogP contribution in [-0.4, -0.2) is 88.7 Å². The maximum absolute atomic E-state index is 14.4. The van der Waals surface area contributed by atoms with Crippen LogP contribution in [0.25, 0.3) is 0 Å². The average molecular weight is 736 g/mol. The highest BCUT2D eigenvalue weighted by molar-refractivity contribution is 7.92. The fourth-order valence-electron chi connectivity index (χ4n) is 5.52. The number of sulfonamides is 2. The zero-order chi connectivity index (χ0) is 35.9. The molecule has 1 heterocycles. The molecule has 11 nitrogen and oxygen atoms in total. The molecule has 0 radical (unpaired) electrons. The highest BCUT2D eigenvalue weighted by Gasteiger charge is 2.32. The van der Waals surface area contributed by atoms with Crippen LogP contribution in [0.4, 0.5) is 5.69 Å². The van der Waals surface area contributed by atoms with E-state index in [2.05, 4.69) is 4.72 Å². The van der Waals surface area contributed by atoms with Crippen molar-refractivity contribution in [3.63, 3.8) is 0 Å². The van der Waals surface area contributed by atoms with Crippen LogP contribution in [0.1, 0.15) is 56.0 Å². The van der Waals surface area contributed by atoms with Gasteiger partial charge in [-0.1, -0.05) is 36.2 Å². The molecule has 4 rings (SSSR count). The second-order valence-corrected chi connectivity index (χ2v) is 16.8. The molecule has 0 saturated carbocycles. The van der Waals surface area contributed by atoms with Crippen molar-refractivity contribution in [3.05, 3.63) is 82.9 Å². The summed E-state index contributed by atoms with van der Waals surface area (Å²) in [5, 5.41) is 10.6. The first-order chi connectivity index (χ1) is 23.1. The number of hydrogen-bond acceptors (Lipinski definition) is 8. The van der Waals surface area contributed by atoms with Crippen LogP contribution in [0.3, 0.4) is 0 Å². The minimum atomic E-state index is -4.01. The van der Waals surface area contributed by atoms with Crippen LogP contribution in [0.15, 0.2) is 76.5 Å². The topological polar surface area (TPSA) is 143 Å². The van der Waals surface area contributed by atoms with Gasteiger partial charge in [0.1, 0.15) is 5.75 Å². The van der Waals surface area contributed by atoms with Gasteiger partial charge in [-0.3, -0.25) is 9.52 Å². The van der Waals surface area contributed by atoms with Crippen molar-refractivity contribution in [2.45, 2.75) is 75.0 Å². The molecule has 0 unspecified atom stereocenters. The number of aliphatic hydroxyl groups excluding tert-OH is 1. The Balaban J connectivity index is 1.67. The number of carbonyl (C=O) groups is 1. The summed E-state index contributed by atoms with van der Waals surface area (Å²) in [6, 6.07) is 16.2. The van der Waals surface area contributed by atoms with Crippen LogP contribution >= 0.6 is 11.6 Å². The van der Waals surface area contributed by atoms with Crippen molar-refractivity contribution in [1.29, 1.82) is 0 Å². The lowest BCUT2D eigenvalue weighted by atomic mass is 10.0. The Kier molecular flexibility index (Phi) is 13.1. The van der Waals surface area contributed by atoms with Gasteiger partial charge in [-0.2, -0.15) is 4.31 Å². The summed E-state index contributed by atoms with van der Waals surface area (Å²) < 4.78 is 69.6. The van der Waals surface area contributed by atoms with Gasteiger partial charge in [0.25, 0.3) is 15.9 Å². The van der Waals surface area contributed by atoms with Gasteiger partial charge in [0.05, 0.1) is 40.2 Å². The minimum Gasteiger partial charge on any atom is -0.490 e. The average Bonchev–Trinajstić information content (AvgIpc) is 3.06. The quantitative estimate of drug-likeness (QED) is 0.291. The summed E-state index contributed by atoms with van der Waals surface area (Å²) in [7, 11) is -6.32. The number of amides is 1. The Bertz CT molecular complexity index is 1790. The molecular formula is C35H46ClN3O8S2. The summed E-state index contributed by atoms with van der Waals surface area (Å²) >= 11 is 5.94. The third-order valence-electron chi connectivity index (χ3n) is 8.59. The van der Waals surface area contributed by atoms with Gasteiger partial charge in [-0.15, -0.1) is 0 Å². The fraction of sp³-hybridized carbons (Fsp3) is 0.457. The molecule has 0 bridgehead atoms. The summed E-state index contributed by atoms with van der Waals surface area (Å²) in [6.07, 6.45) is 1.26. The van der Waals surface area contributed by atoms with Crippen LogP contribution in [0.5, 0.6) is 5.75 Å². The van der Waals surface area contributed by atoms with Crippen molar-refractivity contribution in [3.8, 4) is 5.75 Å². The molecule has 4 atom stereocenters. The van der Waals surface area contributed by atoms with Crippen molar-refractivity contribution >= 4 is 43.2 Å². The number of ether oxygens (including phenoxy) is 2. The molecule has 3 aromatic rings. The number of anilines is 1. The molecule has 49 heavy (non-hydrogen) atoms. The number of carbonyl (C=O) groups excluding carboxylic acids is 1. The van der Waals surface area contributed by atoms with E-state index in [-0.39, 0.29) is 58.5 Å². The van der Waals surface area contributed by atoms with Gasteiger partial charge in [0.2, 0.25) is 10.0 Å². The molecule has 0 saturated heterocycles. The number of likely N-dealkylation sites (N-methyl/N-ethyl adjacent to an activating group) is 1. The monoisotopic (exact) mass is 735 g/mol. The van der Waals surface area contributed by atoms with E-state index in [0.717, 1.165) is 12.0 Å². The molecule has 0 fully saturated rings. The van der Waals surface area contributed by atoms with Crippen LogP contribution in [0, 0.1) is 12.8 Å². The first-order valence-corrected chi connectivity index (χ1v) is 19.6. The zero-order valence-corrected chi connectivity index (χ0v) is 30.9. The van der Waals surface area contributed by atoms with E-state index in [1.54, 1.807) is 37.3 Å². The highest BCUT2D eigenvalue weighted by Crippen LogP contribution is 2.30. The first kappa shape index (κ1) is 38.6. The Morgan fingerprint density at radius 1 is 1.00 bits per heavy atom. The smallest absolute Gasteiger partial charge is 0.261 e. The lowest BCUT2D eigenvalue weighted by Crippen LogP contribution is -2.48. The van der Waals surface area contributed by atoms with Gasteiger partial charge in [-0.05, 0) is 94.6 Å². The largest absolute Gasteiger partial charge is 0.490 e. The van der Waals surface area contributed by atoms with E-state index >= 15 is 0 Å². The molecule has 0 spiro atoms. The molecule has 268 valence electrons. The lowest BCUT2D eigenvalue weighted by Gasteiger charge is -2.35. The second-order valence-electron chi connectivity index (χ2n) is 12.7. The number of halogens is 1. The molecule has 2 N–H and O–H groups in total. The van der Waals surface area contributed by atoms with Gasteiger partial charge in [0, 0.05) is 43.4 Å². The Labute approximate surface area is 295 Å². The van der Waals surface area contributed by atoms with Crippen molar-refractivity contribution in [2.24, 2.45) is 5.92 Å². The predicted octanol–water partition coefficient (Wildman–Crippen LogP) is 5.57. The van der Waals surface area contributed by atoms with Crippen molar-refractivity contribution in [1.82, 2.24) is 9.21 Å². The third kappa shape index (κ3) is 9.95. The summed E-state index contributed by atoms with van der Waals surface area (Å²) in [5.74, 6) is -0.574. The molecule has 1 aliphatic heterocycles. The predicted molar refractivity (Wildman–Crippen MR) is 190 cm³/mol. The number of aryl methyl sites for hydroxylation is 1. The molecule has 0 aliphatic carbocycles. The van der Waals surface area contributed by atoms with Gasteiger partial charge in [-0.25, -0.2) is 16.8 Å². The van der Waals surface area contributed by atoms with E-state index in [0.29, 0.717) is 24.5 Å². The highest BCUT2D eigenvalue weighted by atomic mass is 35.5. The molecule has 14 heteroatoms. The normalized spacial score (nSPS) is 20.6. The molecule has 1 aliphatic rings. The summed E-state index contributed by atoms with van der Waals surface area (Å²) in [6.45, 7) is 7.55. The van der Waals surface area contributed by atoms with Crippen LogP contribution in [-0.2, 0) is 24.8 Å². The van der Waals surface area contributed by atoms with Crippen LogP contribution < -0.4 is 9.46 Å². The summed E-state index contributed by atoms with van der Waals surface area (Å²) in [4.78, 5) is 16.0. The van der Waals surface area contributed by atoms with Crippen LogP contribution in [0.2, 0.25) is 5.02 Å².